The van der Waals surface area contributed by atoms with Gasteiger partial charge in [-0.25, -0.2) is 8.78 Å². The standard InChI is InChI=1S/C11H11F4N3O3/c1-10(12,13)11(14,15)5-17-9(19)7-4-6(18(20)21)2-3-8(7)16/h2-4H,5,16H2,1H3,(H,17,19). The molecule has 0 aliphatic carbocycles. The van der Waals surface area contributed by atoms with Crippen molar-refractivity contribution in [3.8, 4) is 0 Å². The number of hydrogen-bond donors (Lipinski definition) is 2. The second kappa shape index (κ2) is 5.54. The highest BCUT2D eigenvalue weighted by molar-refractivity contribution is 5.99. The number of alkyl halides is 4. The summed E-state index contributed by atoms with van der Waals surface area (Å²) in [6.45, 7) is -1.61. The zero-order chi connectivity index (χ0) is 16.4. The lowest BCUT2D eigenvalue weighted by Crippen LogP contribution is -2.47. The molecule has 116 valence electrons. The monoisotopic (exact) mass is 309 g/mol. The summed E-state index contributed by atoms with van der Waals surface area (Å²) < 4.78 is 51.2. The van der Waals surface area contributed by atoms with Crippen molar-refractivity contribution in [2.45, 2.75) is 18.8 Å². The first-order chi connectivity index (χ1) is 9.45. The number of carbonyl (C=O) groups excluding carboxylic acids is 1. The van der Waals surface area contributed by atoms with Crippen molar-refractivity contribution in [1.29, 1.82) is 0 Å². The molecule has 0 radical (unpaired) electrons. The Bertz CT molecular complexity index is 572. The fourth-order valence-corrected chi connectivity index (χ4v) is 1.30. The van der Waals surface area contributed by atoms with E-state index in [1.165, 1.54) is 0 Å². The van der Waals surface area contributed by atoms with Gasteiger partial charge in [-0.2, -0.15) is 8.78 Å². The van der Waals surface area contributed by atoms with Crippen molar-refractivity contribution in [3.05, 3.63) is 33.9 Å². The number of benzene rings is 1. The minimum Gasteiger partial charge on any atom is -0.398 e. The number of nitrogens with zero attached hydrogens (tertiary/aromatic N) is 1. The van der Waals surface area contributed by atoms with Gasteiger partial charge in [-0.1, -0.05) is 0 Å². The van der Waals surface area contributed by atoms with E-state index in [-0.39, 0.29) is 12.6 Å². The van der Waals surface area contributed by atoms with Crippen LogP contribution in [0, 0.1) is 10.1 Å². The molecule has 0 heterocycles. The number of nitro groups is 1. The van der Waals surface area contributed by atoms with Crippen LogP contribution in [-0.4, -0.2) is 29.2 Å². The zero-order valence-electron chi connectivity index (χ0n) is 10.7. The molecular weight excluding hydrogens is 298 g/mol. The van der Waals surface area contributed by atoms with Gasteiger partial charge in [0.25, 0.3) is 11.6 Å². The van der Waals surface area contributed by atoms with E-state index in [2.05, 4.69) is 0 Å². The van der Waals surface area contributed by atoms with Gasteiger partial charge in [0.1, 0.15) is 0 Å². The maximum absolute atomic E-state index is 13.0. The molecule has 0 aliphatic heterocycles. The second-order valence-corrected chi connectivity index (χ2v) is 4.30. The van der Waals surface area contributed by atoms with E-state index in [9.17, 15) is 32.5 Å². The molecule has 1 amide bonds. The van der Waals surface area contributed by atoms with E-state index in [4.69, 9.17) is 5.73 Å². The number of nitrogen functional groups attached to an aromatic ring is 1. The Hall–Kier alpha value is -2.39. The van der Waals surface area contributed by atoms with Crippen LogP contribution in [-0.2, 0) is 0 Å². The number of nitrogens with one attached hydrogen (secondary N) is 1. The smallest absolute Gasteiger partial charge is 0.326 e. The van der Waals surface area contributed by atoms with Gasteiger partial charge < -0.3 is 11.1 Å². The normalized spacial score (nSPS) is 12.0. The summed E-state index contributed by atoms with van der Waals surface area (Å²) in [6, 6.07) is 2.83. The van der Waals surface area contributed by atoms with Crippen LogP contribution < -0.4 is 11.1 Å². The highest BCUT2D eigenvalue weighted by Gasteiger charge is 2.52. The first kappa shape index (κ1) is 16.7. The largest absolute Gasteiger partial charge is 0.398 e. The topological polar surface area (TPSA) is 98.3 Å². The minimum absolute atomic E-state index is 0.0148. The molecule has 10 heteroatoms. The lowest BCUT2D eigenvalue weighted by molar-refractivity contribution is -0.384. The first-order valence-corrected chi connectivity index (χ1v) is 5.53. The fraction of sp³-hybridized carbons (Fsp3) is 0.364. The summed E-state index contributed by atoms with van der Waals surface area (Å²) in [4.78, 5) is 21.4. The lowest BCUT2D eigenvalue weighted by Gasteiger charge is -2.23. The van der Waals surface area contributed by atoms with Crippen LogP contribution in [0.25, 0.3) is 0 Å². The molecule has 1 rings (SSSR count). The van der Waals surface area contributed by atoms with Crippen LogP contribution in [0.1, 0.15) is 17.3 Å². The van der Waals surface area contributed by atoms with Gasteiger partial charge in [0, 0.05) is 24.7 Å². The van der Waals surface area contributed by atoms with Crippen LogP contribution in [0.5, 0.6) is 0 Å². The molecule has 1 aromatic carbocycles. The first-order valence-electron chi connectivity index (χ1n) is 5.53. The third kappa shape index (κ3) is 3.80. The van der Waals surface area contributed by atoms with Gasteiger partial charge in [0.2, 0.25) is 0 Å². The third-order valence-electron chi connectivity index (χ3n) is 2.61. The lowest BCUT2D eigenvalue weighted by atomic mass is 10.1. The van der Waals surface area contributed by atoms with E-state index in [1.807, 2.05) is 0 Å². The summed E-state index contributed by atoms with van der Waals surface area (Å²) in [6.07, 6.45) is 0. The molecule has 0 bridgehead atoms. The molecule has 21 heavy (non-hydrogen) atoms. The second-order valence-electron chi connectivity index (χ2n) is 4.30. The number of nitrogens with two attached hydrogens (primary N) is 1. The maximum atomic E-state index is 13.0. The van der Waals surface area contributed by atoms with Crippen molar-refractivity contribution in [3.63, 3.8) is 0 Å². The highest BCUT2D eigenvalue weighted by Crippen LogP contribution is 2.33. The molecule has 0 fully saturated rings. The van der Waals surface area contributed by atoms with Gasteiger partial charge in [0.05, 0.1) is 17.0 Å². The van der Waals surface area contributed by atoms with E-state index in [1.54, 1.807) is 5.32 Å². The minimum atomic E-state index is -4.46. The van der Waals surface area contributed by atoms with Crippen LogP contribution >= 0.6 is 0 Å². The average Bonchev–Trinajstić information content (AvgIpc) is 2.35. The van der Waals surface area contributed by atoms with Gasteiger partial charge >= 0.3 is 11.8 Å². The van der Waals surface area contributed by atoms with Gasteiger partial charge in [-0.3, -0.25) is 14.9 Å². The number of non-ortho nitro benzene ring substituents is 1. The Kier molecular flexibility index (Phi) is 4.40. The molecule has 6 nitrogen and oxygen atoms in total. The van der Waals surface area contributed by atoms with Crippen molar-refractivity contribution < 1.29 is 27.3 Å². The maximum Gasteiger partial charge on any atom is 0.326 e. The summed E-state index contributed by atoms with van der Waals surface area (Å²) in [5, 5.41) is 12.1. The van der Waals surface area contributed by atoms with Crippen LogP contribution in [0.4, 0.5) is 28.9 Å². The van der Waals surface area contributed by atoms with Crippen LogP contribution in [0.2, 0.25) is 0 Å². The number of anilines is 1. The van der Waals surface area contributed by atoms with Crippen molar-refractivity contribution in [1.82, 2.24) is 5.32 Å². The van der Waals surface area contributed by atoms with E-state index in [0.717, 1.165) is 18.2 Å². The Morgan fingerprint density at radius 3 is 2.43 bits per heavy atom. The van der Waals surface area contributed by atoms with E-state index >= 15 is 0 Å². The Balaban J connectivity index is 2.91. The molecule has 0 saturated heterocycles. The molecule has 0 saturated carbocycles. The van der Waals surface area contributed by atoms with E-state index < -0.39 is 40.5 Å². The number of halogens is 4. The molecule has 0 aromatic heterocycles. The number of nitro benzene ring substituents is 1. The predicted octanol–water partition coefficient (Wildman–Crippen LogP) is 2.20. The molecule has 0 spiro atoms. The van der Waals surface area contributed by atoms with Crippen LogP contribution in [0.3, 0.4) is 0 Å². The summed E-state index contributed by atoms with van der Waals surface area (Å²) >= 11 is 0. The average molecular weight is 309 g/mol. The van der Waals surface area contributed by atoms with Crippen molar-refractivity contribution in [2.24, 2.45) is 0 Å². The predicted molar refractivity (Wildman–Crippen MR) is 65.4 cm³/mol. The summed E-state index contributed by atoms with van der Waals surface area (Å²) in [7, 11) is 0. The van der Waals surface area contributed by atoms with E-state index in [0.29, 0.717) is 0 Å². The van der Waals surface area contributed by atoms with Gasteiger partial charge in [-0.05, 0) is 6.07 Å². The SMILES string of the molecule is CC(F)(F)C(F)(F)CNC(=O)c1cc([N+](=O)[O-])ccc1N. The Morgan fingerprint density at radius 2 is 1.95 bits per heavy atom. The van der Waals surface area contributed by atoms with Gasteiger partial charge in [-0.15, -0.1) is 0 Å². The molecule has 0 atom stereocenters. The summed E-state index contributed by atoms with van der Waals surface area (Å²) in [5.41, 5.74) is 4.26. The quantitative estimate of drug-likeness (QED) is 0.377. The molecule has 0 aliphatic rings. The molecule has 1 aromatic rings. The van der Waals surface area contributed by atoms with Crippen molar-refractivity contribution in [2.75, 3.05) is 12.3 Å². The van der Waals surface area contributed by atoms with Crippen LogP contribution in [0.15, 0.2) is 18.2 Å². The highest BCUT2D eigenvalue weighted by atomic mass is 19.3. The number of amides is 1. The molecule has 0 unspecified atom stereocenters. The number of carbonyl (C=O) groups is 1. The number of hydrogen-bond acceptors (Lipinski definition) is 4. The van der Waals surface area contributed by atoms with Crippen molar-refractivity contribution >= 4 is 17.3 Å². The molecular formula is C11H11F4N3O3. The van der Waals surface area contributed by atoms with Gasteiger partial charge in [0.15, 0.2) is 0 Å². The summed E-state index contributed by atoms with van der Waals surface area (Å²) in [5.74, 6) is -9.99. The Labute approximate surface area is 116 Å². The zero-order valence-corrected chi connectivity index (χ0v) is 10.7. The molecule has 3 N–H and O–H groups in total. The fourth-order valence-electron chi connectivity index (χ4n) is 1.30. The number of rotatable bonds is 5. The Morgan fingerprint density at radius 1 is 1.38 bits per heavy atom. The third-order valence-corrected chi connectivity index (χ3v) is 2.61.